The van der Waals surface area contributed by atoms with Crippen molar-refractivity contribution in [3.05, 3.63) is 30.1 Å². The third kappa shape index (κ3) is 7.31. The first kappa shape index (κ1) is 16.4. The van der Waals surface area contributed by atoms with Gasteiger partial charge in [-0.1, -0.05) is 31.3 Å². The molecule has 1 aromatic heterocycles. The highest BCUT2D eigenvalue weighted by Gasteiger charge is 2.00. The predicted octanol–water partition coefficient (Wildman–Crippen LogP) is -0.243. The molecule has 96 valence electrons. The predicted molar refractivity (Wildman–Crippen MR) is 64.8 cm³/mol. The Balaban J connectivity index is 0.00000256. The summed E-state index contributed by atoms with van der Waals surface area (Å²) < 4.78 is 2.14. The Labute approximate surface area is 121 Å². The maximum Gasteiger partial charge on any atom is 0.177 e. The molecule has 0 bridgehead atoms. The number of oxime groups is 1. The van der Waals surface area contributed by atoms with Gasteiger partial charge in [0.25, 0.3) is 0 Å². The smallest absolute Gasteiger partial charge is 0.177 e. The lowest BCUT2D eigenvalue weighted by atomic mass is 10.1. The minimum Gasteiger partial charge on any atom is -1.00 e. The van der Waals surface area contributed by atoms with Crippen LogP contribution in [-0.4, -0.2) is 11.4 Å². The minimum atomic E-state index is 0. The summed E-state index contributed by atoms with van der Waals surface area (Å²) in [6.07, 6.45) is 12.0. The Kier molecular flexibility index (Phi) is 10.1. The standard InChI is InChI=1S/C13H20N2O.HI/c1-2-3-4-5-6-9-15-10-7-8-13(12-15)11-14-16;/h7-8,10-12H,2-6,9H2,1H3;1H/b14-11+;. The quantitative estimate of drug-likeness (QED) is 0.181. The number of aryl methyl sites for hydroxylation is 1. The topological polar surface area (TPSA) is 36.5 Å². The molecule has 0 aliphatic heterocycles. The van der Waals surface area contributed by atoms with Gasteiger partial charge in [-0.05, 0) is 12.5 Å². The van der Waals surface area contributed by atoms with Crippen LogP contribution in [0.2, 0.25) is 0 Å². The van der Waals surface area contributed by atoms with E-state index in [1.54, 1.807) is 0 Å². The highest BCUT2D eigenvalue weighted by Crippen LogP contribution is 2.02. The van der Waals surface area contributed by atoms with Crippen LogP contribution in [0, 0.1) is 0 Å². The lowest BCUT2D eigenvalue weighted by Crippen LogP contribution is -3.00. The molecule has 1 aromatic rings. The van der Waals surface area contributed by atoms with Crippen LogP contribution < -0.4 is 28.5 Å². The molecule has 0 saturated carbocycles. The van der Waals surface area contributed by atoms with Crippen molar-refractivity contribution in [2.45, 2.75) is 45.6 Å². The second kappa shape index (κ2) is 10.5. The van der Waals surface area contributed by atoms with Gasteiger partial charge in [-0.2, -0.15) is 0 Å². The van der Waals surface area contributed by atoms with Crippen LogP contribution in [0.1, 0.15) is 44.6 Å². The molecule has 1 rings (SSSR count). The molecule has 17 heavy (non-hydrogen) atoms. The van der Waals surface area contributed by atoms with E-state index in [-0.39, 0.29) is 24.0 Å². The van der Waals surface area contributed by atoms with Crippen molar-refractivity contribution < 1.29 is 33.8 Å². The van der Waals surface area contributed by atoms with E-state index in [0.717, 1.165) is 12.1 Å². The van der Waals surface area contributed by atoms with E-state index in [2.05, 4.69) is 22.8 Å². The molecular formula is C13H21IN2O. The van der Waals surface area contributed by atoms with Gasteiger partial charge in [0.1, 0.15) is 6.54 Å². The van der Waals surface area contributed by atoms with Gasteiger partial charge in [0.2, 0.25) is 0 Å². The van der Waals surface area contributed by atoms with Gasteiger partial charge in [-0.15, -0.1) is 0 Å². The fourth-order valence-corrected chi connectivity index (χ4v) is 1.72. The molecule has 0 unspecified atom stereocenters. The Bertz CT molecular complexity index is 329. The van der Waals surface area contributed by atoms with E-state index in [1.807, 2.05) is 18.3 Å². The number of pyridine rings is 1. The molecule has 4 heteroatoms. The summed E-state index contributed by atoms with van der Waals surface area (Å²) in [7, 11) is 0. The van der Waals surface area contributed by atoms with Crippen molar-refractivity contribution in [1.29, 1.82) is 0 Å². The van der Waals surface area contributed by atoms with Crippen molar-refractivity contribution in [3.63, 3.8) is 0 Å². The van der Waals surface area contributed by atoms with Crippen molar-refractivity contribution in [2.24, 2.45) is 5.16 Å². The first-order valence-corrected chi connectivity index (χ1v) is 6.03. The van der Waals surface area contributed by atoms with Crippen LogP contribution in [0.5, 0.6) is 0 Å². The van der Waals surface area contributed by atoms with Crippen LogP contribution in [0.3, 0.4) is 0 Å². The zero-order valence-corrected chi connectivity index (χ0v) is 12.5. The Morgan fingerprint density at radius 2 is 2.06 bits per heavy atom. The molecule has 1 N–H and O–H groups in total. The summed E-state index contributed by atoms with van der Waals surface area (Å²) >= 11 is 0. The van der Waals surface area contributed by atoms with E-state index in [1.165, 1.54) is 38.3 Å². The van der Waals surface area contributed by atoms with Crippen molar-refractivity contribution in [2.75, 3.05) is 0 Å². The number of halogens is 1. The Morgan fingerprint density at radius 3 is 2.76 bits per heavy atom. The van der Waals surface area contributed by atoms with E-state index in [4.69, 9.17) is 5.21 Å². The third-order valence-electron chi connectivity index (χ3n) is 2.61. The van der Waals surface area contributed by atoms with E-state index >= 15 is 0 Å². The van der Waals surface area contributed by atoms with Crippen molar-refractivity contribution in [1.82, 2.24) is 0 Å². The summed E-state index contributed by atoms with van der Waals surface area (Å²) in [6.45, 7) is 3.27. The van der Waals surface area contributed by atoms with Crippen molar-refractivity contribution >= 4 is 6.21 Å². The molecule has 1 heterocycles. The average molecular weight is 348 g/mol. The van der Waals surface area contributed by atoms with E-state index in [9.17, 15) is 0 Å². The molecule has 0 amide bonds. The normalized spacial score (nSPS) is 10.4. The lowest BCUT2D eigenvalue weighted by molar-refractivity contribution is -0.697. The van der Waals surface area contributed by atoms with Crippen LogP contribution in [0.25, 0.3) is 0 Å². The number of hydrogen-bond acceptors (Lipinski definition) is 2. The van der Waals surface area contributed by atoms with Gasteiger partial charge >= 0.3 is 0 Å². The maximum atomic E-state index is 8.44. The van der Waals surface area contributed by atoms with E-state index < -0.39 is 0 Å². The average Bonchev–Trinajstić information content (AvgIpc) is 2.30. The summed E-state index contributed by atoms with van der Waals surface area (Å²) in [5.74, 6) is 0. The first-order chi connectivity index (χ1) is 7.86. The number of unbranched alkanes of at least 4 members (excludes halogenated alkanes) is 4. The number of aromatic nitrogens is 1. The highest BCUT2D eigenvalue weighted by atomic mass is 127. The zero-order chi connectivity index (χ0) is 11.6. The molecule has 0 radical (unpaired) electrons. The van der Waals surface area contributed by atoms with Crippen LogP contribution in [-0.2, 0) is 6.54 Å². The summed E-state index contributed by atoms with van der Waals surface area (Å²) in [5, 5.41) is 11.5. The van der Waals surface area contributed by atoms with Crippen LogP contribution in [0.15, 0.2) is 29.7 Å². The molecule has 0 aromatic carbocycles. The minimum absolute atomic E-state index is 0. The largest absolute Gasteiger partial charge is 1.00 e. The van der Waals surface area contributed by atoms with Crippen LogP contribution >= 0.6 is 0 Å². The first-order valence-electron chi connectivity index (χ1n) is 6.03. The second-order valence-electron chi connectivity index (χ2n) is 4.03. The molecular weight excluding hydrogens is 327 g/mol. The van der Waals surface area contributed by atoms with Gasteiger partial charge in [0, 0.05) is 12.5 Å². The number of nitrogens with zero attached hydrogens (tertiary/aromatic N) is 2. The number of hydrogen-bond donors (Lipinski definition) is 1. The van der Waals surface area contributed by atoms with Gasteiger partial charge in [-0.25, -0.2) is 4.57 Å². The Hall–Kier alpha value is -0.650. The summed E-state index contributed by atoms with van der Waals surface area (Å²) in [6, 6.07) is 3.90. The van der Waals surface area contributed by atoms with Crippen molar-refractivity contribution in [3.8, 4) is 0 Å². The van der Waals surface area contributed by atoms with E-state index in [0.29, 0.717) is 0 Å². The number of rotatable bonds is 7. The molecule has 0 atom stereocenters. The highest BCUT2D eigenvalue weighted by molar-refractivity contribution is 5.77. The molecule has 0 aliphatic rings. The SMILES string of the molecule is CCCCCCC[n+]1cccc(/C=N/O)c1.[I-]. The molecule has 0 aliphatic carbocycles. The fraction of sp³-hybridized carbons (Fsp3) is 0.538. The fourth-order valence-electron chi connectivity index (χ4n) is 1.72. The Morgan fingerprint density at radius 1 is 1.29 bits per heavy atom. The molecule has 0 fully saturated rings. The van der Waals surface area contributed by atoms with Crippen LogP contribution in [0.4, 0.5) is 0 Å². The summed E-state index contributed by atoms with van der Waals surface area (Å²) in [5.41, 5.74) is 0.929. The zero-order valence-electron chi connectivity index (χ0n) is 10.3. The van der Waals surface area contributed by atoms with Gasteiger partial charge < -0.3 is 29.2 Å². The molecule has 0 spiro atoms. The van der Waals surface area contributed by atoms with Gasteiger partial charge in [-0.3, -0.25) is 0 Å². The third-order valence-corrected chi connectivity index (χ3v) is 2.61. The van der Waals surface area contributed by atoms with Gasteiger partial charge in [0.05, 0.1) is 11.8 Å². The molecule has 3 nitrogen and oxygen atoms in total. The second-order valence-corrected chi connectivity index (χ2v) is 4.03. The van der Waals surface area contributed by atoms with Gasteiger partial charge in [0.15, 0.2) is 12.4 Å². The summed E-state index contributed by atoms with van der Waals surface area (Å²) in [4.78, 5) is 0. The lowest BCUT2D eigenvalue weighted by Gasteiger charge is -1.98. The maximum absolute atomic E-state index is 8.44. The monoisotopic (exact) mass is 348 g/mol. The molecule has 0 saturated heterocycles.